The van der Waals surface area contributed by atoms with Crippen molar-refractivity contribution in [3.05, 3.63) is 39.6 Å². The summed E-state index contributed by atoms with van der Waals surface area (Å²) >= 11 is 7.23. The van der Waals surface area contributed by atoms with Gasteiger partial charge in [0.05, 0.1) is 12.2 Å². The van der Waals surface area contributed by atoms with Crippen LogP contribution < -0.4 is 10.2 Å². The topological polar surface area (TPSA) is 28.2 Å². The minimum Gasteiger partial charge on any atom is -0.380 e. The Labute approximate surface area is 139 Å². The molecule has 118 valence electrons. The molecule has 1 aliphatic heterocycles. The number of aromatic nitrogens is 1. The normalized spacial score (nSPS) is 15.6. The summed E-state index contributed by atoms with van der Waals surface area (Å²) in [4.78, 5) is 7.19. The molecule has 1 aliphatic rings. The lowest BCUT2D eigenvalue weighted by molar-refractivity contribution is 0.617. The van der Waals surface area contributed by atoms with Crippen LogP contribution in [-0.4, -0.2) is 18.1 Å². The predicted molar refractivity (Wildman–Crippen MR) is 91.5 cm³/mol. The lowest BCUT2D eigenvalue weighted by atomic mass is 10.2. The second-order valence-electron chi connectivity index (χ2n) is 5.50. The highest BCUT2D eigenvalue weighted by Crippen LogP contribution is 2.26. The molecule has 3 nitrogen and oxygen atoms in total. The van der Waals surface area contributed by atoms with Gasteiger partial charge in [0.25, 0.3) is 0 Å². The zero-order chi connectivity index (χ0) is 15.4. The summed E-state index contributed by atoms with van der Waals surface area (Å²) in [6.07, 6.45) is 6.52. The summed E-state index contributed by atoms with van der Waals surface area (Å²) in [6, 6.07) is 5.39. The molecule has 0 bridgehead atoms. The quantitative estimate of drug-likeness (QED) is 0.856. The standard InChI is InChI=1S/C16H19ClFN3S/c17-16-20-11-13(22-16)10-19-12-5-6-15(14(18)9-12)21-7-3-1-2-4-8-21/h5-6,9,11,19H,1-4,7-8,10H2. The van der Waals surface area contributed by atoms with E-state index < -0.39 is 0 Å². The van der Waals surface area contributed by atoms with Gasteiger partial charge in [-0.05, 0) is 31.0 Å². The Balaban J connectivity index is 1.66. The van der Waals surface area contributed by atoms with E-state index in [0.717, 1.165) is 36.5 Å². The highest BCUT2D eigenvalue weighted by Gasteiger charge is 2.14. The van der Waals surface area contributed by atoms with Crippen LogP contribution in [0.15, 0.2) is 24.4 Å². The van der Waals surface area contributed by atoms with Crippen LogP contribution in [0.1, 0.15) is 30.6 Å². The first-order chi connectivity index (χ1) is 10.7. The monoisotopic (exact) mass is 339 g/mol. The van der Waals surface area contributed by atoms with Crippen molar-refractivity contribution in [2.75, 3.05) is 23.3 Å². The van der Waals surface area contributed by atoms with Crippen LogP contribution >= 0.6 is 22.9 Å². The van der Waals surface area contributed by atoms with Gasteiger partial charge in [-0.1, -0.05) is 24.4 Å². The van der Waals surface area contributed by atoms with Gasteiger partial charge in [-0.15, -0.1) is 11.3 Å². The van der Waals surface area contributed by atoms with E-state index in [-0.39, 0.29) is 5.82 Å². The van der Waals surface area contributed by atoms with E-state index in [1.165, 1.54) is 24.2 Å². The van der Waals surface area contributed by atoms with Crippen molar-refractivity contribution in [1.82, 2.24) is 4.98 Å². The maximum atomic E-state index is 14.4. The number of hydrogen-bond donors (Lipinski definition) is 1. The third-order valence-electron chi connectivity index (χ3n) is 3.89. The molecular formula is C16H19ClFN3S. The van der Waals surface area contributed by atoms with Crippen molar-refractivity contribution < 1.29 is 4.39 Å². The van der Waals surface area contributed by atoms with E-state index in [0.29, 0.717) is 16.7 Å². The van der Waals surface area contributed by atoms with Crippen molar-refractivity contribution >= 4 is 34.3 Å². The Hall–Kier alpha value is -1.33. The van der Waals surface area contributed by atoms with Crippen molar-refractivity contribution in [2.24, 2.45) is 0 Å². The van der Waals surface area contributed by atoms with E-state index >= 15 is 0 Å². The van der Waals surface area contributed by atoms with Crippen LogP contribution in [-0.2, 0) is 6.54 Å². The zero-order valence-electron chi connectivity index (χ0n) is 12.3. The maximum Gasteiger partial charge on any atom is 0.183 e. The fourth-order valence-corrected chi connectivity index (χ4v) is 3.66. The maximum absolute atomic E-state index is 14.4. The molecule has 1 N–H and O–H groups in total. The molecule has 2 aromatic rings. The summed E-state index contributed by atoms with van der Waals surface area (Å²) in [5.41, 5.74) is 1.49. The molecule has 3 rings (SSSR count). The average Bonchev–Trinajstić information content (AvgIpc) is 2.75. The minimum atomic E-state index is -0.158. The van der Waals surface area contributed by atoms with Crippen molar-refractivity contribution in [3.8, 4) is 0 Å². The number of benzene rings is 1. The van der Waals surface area contributed by atoms with Gasteiger partial charge in [-0.2, -0.15) is 0 Å². The Kier molecular flexibility index (Phi) is 5.16. The molecule has 0 aliphatic carbocycles. The van der Waals surface area contributed by atoms with E-state index in [1.54, 1.807) is 12.3 Å². The Bertz CT molecular complexity index is 624. The first kappa shape index (κ1) is 15.6. The van der Waals surface area contributed by atoms with Crippen LogP contribution in [0, 0.1) is 5.82 Å². The fraction of sp³-hybridized carbons (Fsp3) is 0.438. The number of halogens is 2. The SMILES string of the molecule is Fc1cc(NCc2cnc(Cl)s2)ccc1N1CCCCCC1. The number of hydrogen-bond acceptors (Lipinski definition) is 4. The lowest BCUT2D eigenvalue weighted by Gasteiger charge is -2.23. The molecule has 1 aromatic heterocycles. The fourth-order valence-electron chi connectivity index (χ4n) is 2.74. The van der Waals surface area contributed by atoms with Gasteiger partial charge in [0, 0.05) is 29.9 Å². The van der Waals surface area contributed by atoms with Gasteiger partial charge in [0.15, 0.2) is 4.47 Å². The van der Waals surface area contributed by atoms with Crippen LogP contribution in [0.25, 0.3) is 0 Å². The van der Waals surface area contributed by atoms with Crippen LogP contribution in [0.4, 0.5) is 15.8 Å². The molecule has 0 amide bonds. The van der Waals surface area contributed by atoms with Crippen molar-refractivity contribution in [1.29, 1.82) is 0 Å². The summed E-state index contributed by atoms with van der Waals surface area (Å²) in [5, 5.41) is 3.21. The molecule has 0 saturated carbocycles. The first-order valence-corrected chi connectivity index (χ1v) is 8.80. The Morgan fingerprint density at radius 1 is 1.23 bits per heavy atom. The zero-order valence-corrected chi connectivity index (χ0v) is 13.9. The molecule has 0 radical (unpaired) electrons. The molecule has 22 heavy (non-hydrogen) atoms. The van der Waals surface area contributed by atoms with Crippen LogP contribution in [0.3, 0.4) is 0 Å². The third kappa shape index (κ3) is 3.90. The molecular weight excluding hydrogens is 321 g/mol. The highest BCUT2D eigenvalue weighted by molar-refractivity contribution is 7.15. The molecule has 1 saturated heterocycles. The number of anilines is 2. The van der Waals surface area contributed by atoms with Gasteiger partial charge in [0.1, 0.15) is 5.82 Å². The second-order valence-corrected chi connectivity index (χ2v) is 7.20. The van der Waals surface area contributed by atoms with Gasteiger partial charge < -0.3 is 10.2 Å². The predicted octanol–water partition coefficient (Wildman–Crippen LogP) is 4.93. The smallest absolute Gasteiger partial charge is 0.183 e. The number of nitrogens with one attached hydrogen (secondary N) is 1. The number of nitrogens with zero attached hydrogens (tertiary/aromatic N) is 2. The number of thiazole rings is 1. The molecule has 0 atom stereocenters. The van der Waals surface area contributed by atoms with Gasteiger partial charge in [-0.3, -0.25) is 0 Å². The first-order valence-electron chi connectivity index (χ1n) is 7.61. The van der Waals surface area contributed by atoms with E-state index in [2.05, 4.69) is 15.2 Å². The van der Waals surface area contributed by atoms with Crippen molar-refractivity contribution in [2.45, 2.75) is 32.2 Å². The highest BCUT2D eigenvalue weighted by atomic mass is 35.5. The Morgan fingerprint density at radius 2 is 2.00 bits per heavy atom. The van der Waals surface area contributed by atoms with Crippen molar-refractivity contribution in [3.63, 3.8) is 0 Å². The molecule has 2 heterocycles. The second kappa shape index (κ2) is 7.29. The average molecular weight is 340 g/mol. The Morgan fingerprint density at radius 3 is 2.64 bits per heavy atom. The summed E-state index contributed by atoms with van der Waals surface area (Å²) in [7, 11) is 0. The number of rotatable bonds is 4. The van der Waals surface area contributed by atoms with Gasteiger partial charge in [0.2, 0.25) is 0 Å². The van der Waals surface area contributed by atoms with Gasteiger partial charge in [-0.25, -0.2) is 9.37 Å². The van der Waals surface area contributed by atoms with E-state index in [1.807, 2.05) is 12.1 Å². The van der Waals surface area contributed by atoms with E-state index in [9.17, 15) is 4.39 Å². The van der Waals surface area contributed by atoms with Crippen LogP contribution in [0.5, 0.6) is 0 Å². The summed E-state index contributed by atoms with van der Waals surface area (Å²) < 4.78 is 14.9. The molecule has 6 heteroatoms. The molecule has 1 fully saturated rings. The minimum absolute atomic E-state index is 0.158. The molecule has 0 spiro atoms. The van der Waals surface area contributed by atoms with Crippen LogP contribution in [0.2, 0.25) is 4.47 Å². The molecule has 0 unspecified atom stereocenters. The lowest BCUT2D eigenvalue weighted by Crippen LogP contribution is -2.24. The van der Waals surface area contributed by atoms with Gasteiger partial charge >= 0.3 is 0 Å². The summed E-state index contributed by atoms with van der Waals surface area (Å²) in [5.74, 6) is -0.158. The third-order valence-corrected chi connectivity index (χ3v) is 5.00. The molecule has 1 aromatic carbocycles. The van der Waals surface area contributed by atoms with E-state index in [4.69, 9.17) is 11.6 Å². The summed E-state index contributed by atoms with van der Waals surface area (Å²) in [6.45, 7) is 2.50. The largest absolute Gasteiger partial charge is 0.380 e.